The third-order valence-electron chi connectivity index (χ3n) is 5.70. The highest BCUT2D eigenvalue weighted by Crippen LogP contribution is 2.29. The molecule has 3 heterocycles. The van der Waals surface area contributed by atoms with Crippen molar-refractivity contribution in [3.05, 3.63) is 23.7 Å². The lowest BCUT2D eigenvalue weighted by Crippen LogP contribution is -2.56. The number of pyridine rings is 1. The number of hydrogen-bond donors (Lipinski definition) is 1. The van der Waals surface area contributed by atoms with Gasteiger partial charge in [-0.05, 0) is 72.0 Å². The van der Waals surface area contributed by atoms with Crippen LogP contribution in [0.2, 0.25) is 0 Å². The van der Waals surface area contributed by atoms with Crippen LogP contribution in [0.5, 0.6) is 0 Å². The lowest BCUT2D eigenvalue weighted by molar-refractivity contribution is 0.0686. The number of likely N-dealkylation sites (N-methyl/N-ethyl adjacent to an activating group) is 1. The van der Waals surface area contributed by atoms with Crippen LogP contribution in [0.15, 0.2) is 12.4 Å². The Balaban J connectivity index is 1.84. The number of aromatic nitrogens is 3. The predicted molar refractivity (Wildman–Crippen MR) is 103 cm³/mol. The largest absolute Gasteiger partial charge is 0.368 e. The van der Waals surface area contributed by atoms with Crippen LogP contribution in [0, 0.1) is 13.8 Å². The second-order valence-electron chi connectivity index (χ2n) is 7.41. The third kappa shape index (κ3) is 3.60. The zero-order valence-electron chi connectivity index (χ0n) is 16.1. The molecular formula is C19H30N6. The molecule has 1 aliphatic rings. The van der Waals surface area contributed by atoms with E-state index in [0.717, 1.165) is 48.7 Å². The second kappa shape index (κ2) is 7.22. The molecule has 0 bridgehead atoms. The summed E-state index contributed by atoms with van der Waals surface area (Å²) in [5.41, 5.74) is 3.10. The van der Waals surface area contributed by atoms with E-state index < -0.39 is 0 Å². The van der Waals surface area contributed by atoms with Gasteiger partial charge in [-0.15, -0.1) is 0 Å². The predicted octanol–water partition coefficient (Wildman–Crippen LogP) is 2.47. The van der Waals surface area contributed by atoms with E-state index in [9.17, 15) is 0 Å². The van der Waals surface area contributed by atoms with Gasteiger partial charge < -0.3 is 15.1 Å². The molecule has 6 heteroatoms. The second-order valence-corrected chi connectivity index (χ2v) is 7.41. The minimum Gasteiger partial charge on any atom is -0.368 e. The number of hydrogen-bond acceptors (Lipinski definition) is 6. The van der Waals surface area contributed by atoms with Crippen LogP contribution in [0.3, 0.4) is 0 Å². The van der Waals surface area contributed by atoms with Crippen LogP contribution < -0.4 is 5.32 Å². The fourth-order valence-corrected chi connectivity index (χ4v) is 3.86. The summed E-state index contributed by atoms with van der Waals surface area (Å²) in [6.07, 6.45) is 3.94. The molecular weight excluding hydrogens is 312 g/mol. The van der Waals surface area contributed by atoms with E-state index in [0.29, 0.717) is 0 Å². The van der Waals surface area contributed by atoms with Gasteiger partial charge in [0, 0.05) is 17.8 Å². The smallest absolute Gasteiger partial charge is 0.165 e. The fourth-order valence-electron chi connectivity index (χ4n) is 3.86. The number of nitrogens with one attached hydrogen (secondary N) is 1. The maximum absolute atomic E-state index is 4.56. The van der Waals surface area contributed by atoms with Gasteiger partial charge in [-0.3, -0.25) is 0 Å². The van der Waals surface area contributed by atoms with Gasteiger partial charge >= 0.3 is 0 Å². The number of nitrogens with zero attached hydrogens (tertiary/aromatic N) is 5. The highest BCUT2D eigenvalue weighted by molar-refractivity contribution is 5.89. The maximum Gasteiger partial charge on any atom is 0.165 e. The Kier molecular flexibility index (Phi) is 5.20. The Morgan fingerprint density at radius 1 is 1.20 bits per heavy atom. The number of rotatable bonds is 5. The van der Waals surface area contributed by atoms with Crippen LogP contribution in [0.25, 0.3) is 11.0 Å². The van der Waals surface area contributed by atoms with Gasteiger partial charge in [0.25, 0.3) is 0 Å². The highest BCUT2D eigenvalue weighted by Gasteiger charge is 2.36. The van der Waals surface area contributed by atoms with Crippen molar-refractivity contribution in [2.75, 3.05) is 45.6 Å². The van der Waals surface area contributed by atoms with Crippen LogP contribution >= 0.6 is 0 Å². The molecule has 136 valence electrons. The fraction of sp³-hybridized carbons (Fsp3) is 0.632. The van der Waals surface area contributed by atoms with Gasteiger partial charge in [0.2, 0.25) is 0 Å². The van der Waals surface area contributed by atoms with Crippen LogP contribution in [0.1, 0.15) is 31.0 Å². The minimum absolute atomic E-state index is 0.162. The molecule has 2 aromatic rings. The zero-order chi connectivity index (χ0) is 18.0. The number of anilines is 1. The van der Waals surface area contributed by atoms with E-state index in [1.165, 1.54) is 18.4 Å². The van der Waals surface area contributed by atoms with E-state index in [2.05, 4.69) is 64.1 Å². The molecule has 0 saturated carbocycles. The summed E-state index contributed by atoms with van der Waals surface area (Å²) in [7, 11) is 4.38. The first-order valence-corrected chi connectivity index (χ1v) is 9.18. The van der Waals surface area contributed by atoms with Crippen molar-refractivity contribution in [1.82, 2.24) is 24.8 Å². The Morgan fingerprint density at radius 2 is 1.92 bits per heavy atom. The Hall–Kier alpha value is -1.79. The van der Waals surface area contributed by atoms with Crippen molar-refractivity contribution < 1.29 is 0 Å². The van der Waals surface area contributed by atoms with E-state index >= 15 is 0 Å². The van der Waals surface area contributed by atoms with E-state index in [-0.39, 0.29) is 5.54 Å². The van der Waals surface area contributed by atoms with Crippen molar-refractivity contribution in [2.45, 2.75) is 39.2 Å². The van der Waals surface area contributed by atoms with Crippen molar-refractivity contribution >= 4 is 16.9 Å². The first-order valence-electron chi connectivity index (χ1n) is 9.18. The van der Waals surface area contributed by atoms with Crippen molar-refractivity contribution in [3.63, 3.8) is 0 Å². The Labute approximate surface area is 150 Å². The first kappa shape index (κ1) is 18.0. The summed E-state index contributed by atoms with van der Waals surface area (Å²) in [4.78, 5) is 18.3. The third-order valence-corrected chi connectivity index (χ3v) is 5.70. The monoisotopic (exact) mass is 342 g/mol. The summed E-state index contributed by atoms with van der Waals surface area (Å²) in [5.74, 6) is 0.897. The lowest BCUT2D eigenvalue weighted by atomic mass is 9.86. The number of piperidine rings is 1. The summed E-state index contributed by atoms with van der Waals surface area (Å²) in [5, 5.41) is 4.66. The van der Waals surface area contributed by atoms with Crippen LogP contribution in [-0.4, -0.2) is 70.6 Å². The molecule has 1 fully saturated rings. The topological polar surface area (TPSA) is 57.2 Å². The quantitative estimate of drug-likeness (QED) is 0.901. The van der Waals surface area contributed by atoms with E-state index in [1.54, 1.807) is 6.33 Å². The molecule has 0 amide bonds. The summed E-state index contributed by atoms with van der Waals surface area (Å²) in [6.45, 7) is 10.7. The molecule has 0 radical (unpaired) electrons. The normalized spacial score (nSPS) is 18.0. The van der Waals surface area contributed by atoms with Gasteiger partial charge in [0.15, 0.2) is 5.65 Å². The number of likely N-dealkylation sites (tertiary alicyclic amines) is 1. The molecule has 0 unspecified atom stereocenters. The first-order chi connectivity index (χ1) is 11.9. The maximum atomic E-state index is 4.56. The highest BCUT2D eigenvalue weighted by atomic mass is 15.2. The molecule has 2 aromatic heterocycles. The van der Waals surface area contributed by atoms with Crippen molar-refractivity contribution in [3.8, 4) is 0 Å². The molecule has 1 saturated heterocycles. The van der Waals surface area contributed by atoms with Crippen LogP contribution in [0.4, 0.5) is 5.82 Å². The number of fused-ring (bicyclic) bond motifs is 1. The minimum atomic E-state index is 0.162. The molecule has 25 heavy (non-hydrogen) atoms. The molecule has 6 nitrogen and oxygen atoms in total. The van der Waals surface area contributed by atoms with Crippen LogP contribution in [-0.2, 0) is 0 Å². The van der Waals surface area contributed by atoms with Gasteiger partial charge in [0.05, 0.1) is 5.39 Å². The SMILES string of the molecule is CCN1CCC(CNc2ncnc3nc(C)cc(C)c23)(N(C)C)CC1. The standard InChI is InChI=1S/C19H30N6/c1-6-25-9-7-19(8-10-25,24(4)5)12-20-17-16-14(2)11-15(3)23-18(16)22-13-21-17/h11,13H,6-10,12H2,1-5H3,(H,20,21,22,23). The van der Waals surface area contributed by atoms with Gasteiger partial charge in [-0.2, -0.15) is 0 Å². The molecule has 1 aliphatic heterocycles. The van der Waals surface area contributed by atoms with Gasteiger partial charge in [0.1, 0.15) is 12.1 Å². The molecule has 0 spiro atoms. The lowest BCUT2D eigenvalue weighted by Gasteiger charge is -2.46. The Morgan fingerprint density at radius 3 is 2.56 bits per heavy atom. The van der Waals surface area contributed by atoms with E-state index in [1.807, 2.05) is 6.92 Å². The van der Waals surface area contributed by atoms with Gasteiger partial charge in [-0.25, -0.2) is 15.0 Å². The Bertz CT molecular complexity index is 734. The van der Waals surface area contributed by atoms with Crippen molar-refractivity contribution in [2.24, 2.45) is 0 Å². The van der Waals surface area contributed by atoms with Gasteiger partial charge in [-0.1, -0.05) is 6.92 Å². The molecule has 0 aromatic carbocycles. The molecule has 1 N–H and O–H groups in total. The summed E-state index contributed by atoms with van der Waals surface area (Å²) < 4.78 is 0. The molecule has 0 atom stereocenters. The molecule has 3 rings (SSSR count). The summed E-state index contributed by atoms with van der Waals surface area (Å²) in [6, 6.07) is 2.10. The number of aryl methyl sites for hydroxylation is 2. The summed E-state index contributed by atoms with van der Waals surface area (Å²) >= 11 is 0. The average molecular weight is 342 g/mol. The van der Waals surface area contributed by atoms with Crippen molar-refractivity contribution in [1.29, 1.82) is 0 Å². The zero-order valence-corrected chi connectivity index (χ0v) is 16.1. The molecule has 0 aliphatic carbocycles. The van der Waals surface area contributed by atoms with E-state index in [4.69, 9.17) is 0 Å². The average Bonchev–Trinajstić information content (AvgIpc) is 2.59.